The molecule has 0 amide bonds. The fourth-order valence-electron chi connectivity index (χ4n) is 4.90. The lowest BCUT2D eigenvalue weighted by atomic mass is 9.86. The van der Waals surface area contributed by atoms with Crippen LogP contribution in [0.1, 0.15) is 62.5 Å². The van der Waals surface area contributed by atoms with Crippen LogP contribution in [0.25, 0.3) is 5.57 Å². The lowest BCUT2D eigenvalue weighted by Crippen LogP contribution is -2.42. The maximum absolute atomic E-state index is 11.7. The predicted octanol–water partition coefficient (Wildman–Crippen LogP) is 5.29. The normalized spacial score (nSPS) is 21.1. The minimum absolute atomic E-state index is 0.102. The van der Waals surface area contributed by atoms with E-state index in [4.69, 9.17) is 28.6 Å². The number of esters is 1. The van der Waals surface area contributed by atoms with Gasteiger partial charge < -0.3 is 19.9 Å². The van der Waals surface area contributed by atoms with Gasteiger partial charge in [0.25, 0.3) is 0 Å². The lowest BCUT2D eigenvalue weighted by molar-refractivity contribution is -0.140. The van der Waals surface area contributed by atoms with Gasteiger partial charge in [0.15, 0.2) is 5.11 Å². The molecule has 0 aliphatic carbocycles. The zero-order valence-electron chi connectivity index (χ0n) is 20.3. The van der Waals surface area contributed by atoms with Crippen LogP contribution < -0.4 is 10.2 Å². The van der Waals surface area contributed by atoms with Gasteiger partial charge in [-0.2, -0.15) is 0 Å². The Morgan fingerprint density at radius 2 is 2.09 bits per heavy atom. The summed E-state index contributed by atoms with van der Waals surface area (Å²) in [4.78, 5) is 20.7. The van der Waals surface area contributed by atoms with Crippen LogP contribution in [-0.2, 0) is 9.53 Å². The van der Waals surface area contributed by atoms with E-state index >= 15 is 0 Å². The molecule has 1 aromatic carbocycles. The zero-order chi connectivity index (χ0) is 24.6. The Kier molecular flexibility index (Phi) is 6.87. The summed E-state index contributed by atoms with van der Waals surface area (Å²) in [6, 6.07) is 9.81. The van der Waals surface area contributed by atoms with E-state index in [9.17, 15) is 4.79 Å². The van der Waals surface area contributed by atoms with Gasteiger partial charge in [0, 0.05) is 42.5 Å². The maximum Gasteiger partial charge on any atom is 0.305 e. The van der Waals surface area contributed by atoms with E-state index in [2.05, 4.69) is 66.1 Å². The maximum atomic E-state index is 11.7. The van der Waals surface area contributed by atoms with Crippen LogP contribution in [0.15, 0.2) is 42.6 Å². The van der Waals surface area contributed by atoms with E-state index in [-0.39, 0.29) is 23.6 Å². The first-order valence-corrected chi connectivity index (χ1v) is 12.2. The van der Waals surface area contributed by atoms with Gasteiger partial charge in [-0.15, -0.1) is 0 Å². The van der Waals surface area contributed by atoms with Crippen LogP contribution in [0.5, 0.6) is 0 Å². The molecule has 0 spiro atoms. The number of thiocarbonyl (C=S) groups is 1. The van der Waals surface area contributed by atoms with Crippen molar-refractivity contribution < 1.29 is 9.53 Å². The van der Waals surface area contributed by atoms with Crippen molar-refractivity contribution in [2.75, 3.05) is 25.6 Å². The third-order valence-corrected chi connectivity index (χ3v) is 7.54. The molecule has 1 fully saturated rings. The third-order valence-electron chi connectivity index (χ3n) is 6.86. The molecule has 1 aromatic heterocycles. The summed E-state index contributed by atoms with van der Waals surface area (Å²) in [6.45, 7) is 7.14. The predicted molar refractivity (Wildman–Crippen MR) is 141 cm³/mol. The second-order valence-electron chi connectivity index (χ2n) is 9.43. The number of fused-ring (bicyclic) bond motifs is 1. The summed E-state index contributed by atoms with van der Waals surface area (Å²) in [6.07, 6.45) is 5.03. The van der Waals surface area contributed by atoms with Crippen LogP contribution >= 0.6 is 23.8 Å². The van der Waals surface area contributed by atoms with Crippen molar-refractivity contribution in [1.82, 2.24) is 15.2 Å². The monoisotopic (exact) mass is 498 g/mol. The van der Waals surface area contributed by atoms with Crippen molar-refractivity contribution in [3.8, 4) is 0 Å². The molecule has 3 heterocycles. The minimum Gasteiger partial charge on any atom is -0.469 e. The number of aromatic nitrogens is 1. The molecule has 2 aliphatic rings. The number of ether oxygens (including phenoxy) is 1. The minimum atomic E-state index is -0.228. The topological polar surface area (TPSA) is 57.7 Å². The van der Waals surface area contributed by atoms with Gasteiger partial charge in [-0.05, 0) is 74.8 Å². The SMILES string of the molecule is COC(=O)CCCN1C(=S)NC(c2ccccn2)C1c1cc2c(cc1Cl)N(C)C(C)(C)C=C2C. The van der Waals surface area contributed by atoms with Crippen LogP contribution in [0.2, 0.25) is 5.02 Å². The Balaban J connectivity index is 1.78. The number of nitrogens with one attached hydrogen (secondary N) is 1. The molecule has 34 heavy (non-hydrogen) atoms. The fraction of sp³-hybridized carbons (Fsp3) is 0.423. The number of carbonyl (C=O) groups is 1. The lowest BCUT2D eigenvalue weighted by Gasteiger charge is -2.41. The first kappa shape index (κ1) is 24.5. The summed E-state index contributed by atoms with van der Waals surface area (Å²) in [5.41, 5.74) is 5.27. The number of hydrogen-bond acceptors (Lipinski definition) is 5. The van der Waals surface area contributed by atoms with Gasteiger partial charge in [-0.1, -0.05) is 23.7 Å². The number of nitrogens with zero attached hydrogens (tertiary/aromatic N) is 3. The van der Waals surface area contributed by atoms with E-state index in [1.54, 1.807) is 6.20 Å². The highest BCUT2D eigenvalue weighted by Crippen LogP contribution is 2.46. The summed E-state index contributed by atoms with van der Waals surface area (Å²) < 4.78 is 4.82. The molecule has 2 aliphatic heterocycles. The third kappa shape index (κ3) is 4.51. The summed E-state index contributed by atoms with van der Waals surface area (Å²) in [7, 11) is 3.51. The van der Waals surface area contributed by atoms with Gasteiger partial charge in [-0.25, -0.2) is 0 Å². The van der Waals surface area contributed by atoms with E-state index < -0.39 is 0 Å². The zero-order valence-corrected chi connectivity index (χ0v) is 21.8. The largest absolute Gasteiger partial charge is 0.469 e. The molecule has 2 unspecified atom stereocenters. The van der Waals surface area contributed by atoms with Crippen molar-refractivity contribution in [2.45, 2.75) is 51.2 Å². The molecule has 6 nitrogen and oxygen atoms in total. The van der Waals surface area contributed by atoms with Gasteiger partial charge >= 0.3 is 5.97 Å². The summed E-state index contributed by atoms with van der Waals surface area (Å²) in [5.74, 6) is -0.228. The standard InChI is InChI=1S/C26H31ClN4O2S/c1-16-15-26(2,3)30(4)21-14-19(27)18(13-17(16)21)24-23(20-9-6-7-11-28-20)29-25(34)31(24)12-8-10-22(32)33-5/h6-7,9,11,13-15,23-24H,8,10,12H2,1-5H3,(H,29,34). The van der Waals surface area contributed by atoms with Crippen LogP contribution in [0.4, 0.5) is 5.69 Å². The smallest absolute Gasteiger partial charge is 0.305 e. The quantitative estimate of drug-likeness (QED) is 0.428. The number of rotatable bonds is 6. The molecule has 8 heteroatoms. The molecule has 0 radical (unpaired) electrons. The van der Waals surface area contributed by atoms with Crippen LogP contribution in [0.3, 0.4) is 0 Å². The van der Waals surface area contributed by atoms with Crippen molar-refractivity contribution in [3.05, 3.63) is 64.4 Å². The number of halogens is 1. The average molecular weight is 499 g/mol. The summed E-state index contributed by atoms with van der Waals surface area (Å²) >= 11 is 12.7. The number of pyridine rings is 1. The van der Waals surface area contributed by atoms with Crippen molar-refractivity contribution in [1.29, 1.82) is 0 Å². The molecule has 180 valence electrons. The van der Waals surface area contributed by atoms with Crippen molar-refractivity contribution in [3.63, 3.8) is 0 Å². The number of carbonyl (C=O) groups excluding carboxylic acids is 1. The molecule has 4 rings (SSSR count). The van der Waals surface area contributed by atoms with Gasteiger partial charge in [0.05, 0.1) is 30.4 Å². The van der Waals surface area contributed by atoms with E-state index in [0.717, 1.165) is 22.5 Å². The van der Waals surface area contributed by atoms with Crippen LogP contribution in [0, 0.1) is 0 Å². The summed E-state index contributed by atoms with van der Waals surface area (Å²) in [5, 5.41) is 4.77. The molecule has 0 bridgehead atoms. The Morgan fingerprint density at radius 1 is 1.32 bits per heavy atom. The van der Waals surface area contributed by atoms with Gasteiger partial charge in [0.2, 0.25) is 0 Å². The molecular weight excluding hydrogens is 468 g/mol. The molecule has 0 saturated carbocycles. The number of hydrogen-bond donors (Lipinski definition) is 1. The average Bonchev–Trinajstić information content (AvgIpc) is 3.13. The van der Waals surface area contributed by atoms with Crippen LogP contribution in [-0.4, -0.2) is 47.2 Å². The first-order chi connectivity index (χ1) is 16.1. The Morgan fingerprint density at radius 3 is 2.76 bits per heavy atom. The first-order valence-electron chi connectivity index (χ1n) is 11.5. The number of methoxy groups -OCH3 is 1. The number of benzene rings is 1. The number of anilines is 1. The van der Waals surface area contributed by atoms with Gasteiger partial charge in [-0.3, -0.25) is 9.78 Å². The Labute approximate surface area is 211 Å². The van der Waals surface area contributed by atoms with E-state index in [0.29, 0.717) is 29.5 Å². The Hall–Kier alpha value is -2.64. The molecular formula is C26H31ClN4O2S. The highest BCUT2D eigenvalue weighted by Gasteiger charge is 2.41. The fourth-order valence-corrected chi connectivity index (χ4v) is 5.50. The number of likely N-dealkylation sites (N-methyl/N-ethyl adjacent to an activating group) is 1. The Bertz CT molecular complexity index is 1140. The van der Waals surface area contributed by atoms with Crippen molar-refractivity contribution in [2.24, 2.45) is 0 Å². The van der Waals surface area contributed by atoms with Gasteiger partial charge in [0.1, 0.15) is 0 Å². The molecule has 2 atom stereocenters. The molecule has 2 aromatic rings. The second kappa shape index (κ2) is 9.55. The van der Waals surface area contributed by atoms with Crippen molar-refractivity contribution >= 4 is 46.2 Å². The molecule has 1 saturated heterocycles. The second-order valence-corrected chi connectivity index (χ2v) is 10.2. The van der Waals surface area contributed by atoms with E-state index in [1.807, 2.05) is 18.2 Å². The highest BCUT2D eigenvalue weighted by atomic mass is 35.5. The number of allylic oxidation sites excluding steroid dienone is 1. The highest BCUT2D eigenvalue weighted by molar-refractivity contribution is 7.80. The van der Waals surface area contributed by atoms with E-state index in [1.165, 1.54) is 12.7 Å². The molecule has 1 N–H and O–H groups in total.